The molecule has 0 bridgehead atoms. The molecule has 6 aromatic carbocycles. The van der Waals surface area contributed by atoms with Crippen LogP contribution in [0.15, 0.2) is 94.9 Å². The van der Waals surface area contributed by atoms with Crippen molar-refractivity contribution < 1.29 is 0 Å². The van der Waals surface area contributed by atoms with Gasteiger partial charge in [-0.25, -0.2) is 9.98 Å². The van der Waals surface area contributed by atoms with Gasteiger partial charge in [-0.1, -0.05) is 196 Å². The van der Waals surface area contributed by atoms with Crippen molar-refractivity contribution in [2.24, 2.45) is 9.98 Å². The van der Waals surface area contributed by atoms with Crippen molar-refractivity contribution in [3.8, 4) is 0 Å². The average molecular weight is 879 g/mol. The average Bonchev–Trinajstić information content (AvgIpc) is 3.54. The molecular weight excluding hydrogens is 801 g/mol. The molecule has 7 rings (SSSR count). The van der Waals surface area contributed by atoms with Crippen LogP contribution in [0.4, 0.5) is 22.7 Å². The zero-order chi connectivity index (χ0) is 48.0. The highest BCUT2D eigenvalue weighted by atomic mass is 14.9. The molecule has 4 nitrogen and oxygen atoms in total. The van der Waals surface area contributed by atoms with E-state index in [4.69, 9.17) is 21.5 Å². The SMILES string of the molecule is CC(C)c1cc(Cc2cc(C(C)C)c(N=C3C(=Nc4c(C(C)C)cc(Cc5cc(C(C)C)c(N)c(C(C)C)c5)cc4C(C)C)c4cccc5cccc3c45)c(C(C)C)c2)cc(C(C)C)c1N. The summed E-state index contributed by atoms with van der Waals surface area (Å²) in [5, 5.41) is 2.45. The van der Waals surface area contributed by atoms with E-state index in [2.05, 4.69) is 196 Å². The third-order valence-electron chi connectivity index (χ3n) is 13.9. The van der Waals surface area contributed by atoms with Crippen LogP contribution < -0.4 is 11.5 Å². The molecule has 0 atom stereocenters. The summed E-state index contributed by atoms with van der Waals surface area (Å²) < 4.78 is 0. The van der Waals surface area contributed by atoms with Crippen LogP contribution in [0.3, 0.4) is 0 Å². The Morgan fingerprint density at radius 1 is 0.348 bits per heavy atom. The molecule has 0 aromatic heterocycles. The summed E-state index contributed by atoms with van der Waals surface area (Å²) in [5.74, 6) is 2.44. The zero-order valence-corrected chi connectivity index (χ0v) is 43.2. The summed E-state index contributed by atoms with van der Waals surface area (Å²) in [7, 11) is 0. The van der Waals surface area contributed by atoms with Gasteiger partial charge in [0.1, 0.15) is 0 Å². The number of benzene rings is 6. The third-order valence-corrected chi connectivity index (χ3v) is 13.9. The lowest BCUT2D eigenvalue weighted by atomic mass is 9.86. The molecule has 0 unspecified atom stereocenters. The number of nitrogen functional groups attached to an aromatic ring is 2. The van der Waals surface area contributed by atoms with E-state index in [9.17, 15) is 0 Å². The molecule has 0 spiro atoms. The molecule has 0 heterocycles. The summed E-state index contributed by atoms with van der Waals surface area (Å²) in [6.07, 6.45) is 1.69. The van der Waals surface area contributed by atoms with Crippen LogP contribution >= 0.6 is 0 Å². The van der Waals surface area contributed by atoms with E-state index in [1.54, 1.807) is 0 Å². The first-order chi connectivity index (χ1) is 31.2. The molecule has 4 N–H and O–H groups in total. The van der Waals surface area contributed by atoms with E-state index >= 15 is 0 Å². The van der Waals surface area contributed by atoms with Crippen LogP contribution in [0.1, 0.15) is 236 Å². The van der Waals surface area contributed by atoms with E-state index in [1.165, 1.54) is 77.5 Å². The Morgan fingerprint density at radius 2 is 0.591 bits per heavy atom. The predicted molar refractivity (Wildman–Crippen MR) is 289 cm³/mol. The first-order valence-electron chi connectivity index (χ1n) is 25.0. The van der Waals surface area contributed by atoms with Gasteiger partial charge in [-0.05, 0) is 132 Å². The molecule has 0 fully saturated rings. The maximum Gasteiger partial charge on any atom is 0.0979 e. The quantitative estimate of drug-likeness (QED) is 0.107. The minimum absolute atomic E-state index is 0.257. The fraction of sp³-hybridized carbons (Fsp3) is 0.419. The molecule has 1 aliphatic rings. The van der Waals surface area contributed by atoms with Crippen LogP contribution in [-0.2, 0) is 12.8 Å². The fourth-order valence-corrected chi connectivity index (χ4v) is 10.3. The first-order valence-corrected chi connectivity index (χ1v) is 25.0. The van der Waals surface area contributed by atoms with Crippen molar-refractivity contribution in [1.82, 2.24) is 0 Å². The molecule has 346 valence electrons. The monoisotopic (exact) mass is 879 g/mol. The lowest BCUT2D eigenvalue weighted by molar-refractivity contribution is 0.825. The number of nitrogens with zero attached hydrogens (tertiary/aromatic N) is 2. The minimum Gasteiger partial charge on any atom is -0.398 e. The maximum atomic E-state index is 6.77. The van der Waals surface area contributed by atoms with Crippen molar-refractivity contribution >= 4 is 44.9 Å². The lowest BCUT2D eigenvalue weighted by Gasteiger charge is -2.22. The fourth-order valence-electron chi connectivity index (χ4n) is 10.3. The molecule has 66 heavy (non-hydrogen) atoms. The number of hydrogen-bond acceptors (Lipinski definition) is 4. The van der Waals surface area contributed by atoms with E-state index in [0.717, 1.165) is 58.1 Å². The summed E-state index contributed by atoms with van der Waals surface area (Å²) in [4.78, 5) is 11.8. The number of anilines is 2. The molecule has 6 aromatic rings. The van der Waals surface area contributed by atoms with Gasteiger partial charge in [-0.2, -0.15) is 0 Å². The molecular formula is C62H78N4. The van der Waals surface area contributed by atoms with Crippen molar-refractivity contribution in [2.45, 2.75) is 171 Å². The summed E-state index contributed by atoms with van der Waals surface area (Å²) in [6.45, 7) is 36.5. The van der Waals surface area contributed by atoms with Gasteiger partial charge < -0.3 is 11.5 Å². The van der Waals surface area contributed by atoms with Gasteiger partial charge in [-0.3, -0.25) is 0 Å². The van der Waals surface area contributed by atoms with Crippen LogP contribution in [-0.4, -0.2) is 11.4 Å². The van der Waals surface area contributed by atoms with Gasteiger partial charge in [-0.15, -0.1) is 0 Å². The maximum absolute atomic E-state index is 6.77. The Morgan fingerprint density at radius 3 is 0.833 bits per heavy atom. The highest BCUT2D eigenvalue weighted by Gasteiger charge is 2.30. The third kappa shape index (κ3) is 9.53. The van der Waals surface area contributed by atoms with Gasteiger partial charge in [0, 0.05) is 27.9 Å². The van der Waals surface area contributed by atoms with E-state index in [-0.39, 0.29) is 23.7 Å². The lowest BCUT2D eigenvalue weighted by Crippen LogP contribution is -2.12. The summed E-state index contributed by atoms with van der Waals surface area (Å²) in [5.41, 5.74) is 37.1. The summed E-state index contributed by atoms with van der Waals surface area (Å²) >= 11 is 0. The van der Waals surface area contributed by atoms with E-state index in [0.29, 0.717) is 23.7 Å². The first kappa shape index (κ1) is 48.5. The van der Waals surface area contributed by atoms with Crippen molar-refractivity contribution in [3.63, 3.8) is 0 Å². The van der Waals surface area contributed by atoms with Gasteiger partial charge >= 0.3 is 0 Å². The van der Waals surface area contributed by atoms with Crippen molar-refractivity contribution in [1.29, 1.82) is 0 Å². The molecule has 0 saturated carbocycles. The summed E-state index contributed by atoms with van der Waals surface area (Å²) in [6, 6.07) is 32.4. The van der Waals surface area contributed by atoms with Crippen LogP contribution in [0.5, 0.6) is 0 Å². The van der Waals surface area contributed by atoms with Gasteiger partial charge in [0.05, 0.1) is 22.8 Å². The largest absolute Gasteiger partial charge is 0.398 e. The minimum atomic E-state index is 0.257. The Hall–Kier alpha value is -5.48. The standard InChI is InChI=1S/C62H78N4/c1-33(2)48-25-41(26-49(34(3)4)57(48)63)23-43-29-52(37(9)10)59(53(30-43)38(11)12)65-61-46-21-17-19-45-20-18-22-47(56(45)46)62(61)66-60-54(39(13)14)31-44(32-55(60)40(15)16)24-42-27-50(35(5)6)58(64)51(28-42)36(7)8/h17-22,25-40H,23-24,63-64H2,1-16H3. The topological polar surface area (TPSA) is 76.8 Å². The highest BCUT2D eigenvalue weighted by Crippen LogP contribution is 2.44. The van der Waals surface area contributed by atoms with Gasteiger partial charge in [0.15, 0.2) is 0 Å². The Labute approximate surface area is 398 Å². The highest BCUT2D eigenvalue weighted by molar-refractivity contribution is 6.61. The molecule has 4 heteroatoms. The number of hydrogen-bond donors (Lipinski definition) is 2. The second kappa shape index (κ2) is 19.4. The molecule has 0 radical (unpaired) electrons. The smallest absolute Gasteiger partial charge is 0.0979 e. The van der Waals surface area contributed by atoms with E-state index in [1.807, 2.05) is 0 Å². The normalized spacial score (nSPS) is 14.2. The second-order valence-corrected chi connectivity index (χ2v) is 21.8. The van der Waals surface area contributed by atoms with Crippen LogP contribution in [0, 0.1) is 0 Å². The van der Waals surface area contributed by atoms with Crippen molar-refractivity contribution in [2.75, 3.05) is 11.5 Å². The molecule has 1 aliphatic carbocycles. The molecule has 0 saturated heterocycles. The second-order valence-electron chi connectivity index (χ2n) is 21.8. The molecule has 0 aliphatic heterocycles. The van der Waals surface area contributed by atoms with Gasteiger partial charge in [0.25, 0.3) is 0 Å². The molecule has 0 amide bonds. The van der Waals surface area contributed by atoms with Crippen LogP contribution in [0.25, 0.3) is 10.8 Å². The number of aliphatic imine (C=N–C) groups is 2. The van der Waals surface area contributed by atoms with Gasteiger partial charge in [0.2, 0.25) is 0 Å². The number of rotatable bonds is 14. The van der Waals surface area contributed by atoms with E-state index < -0.39 is 0 Å². The Kier molecular flexibility index (Phi) is 14.2. The zero-order valence-electron chi connectivity index (χ0n) is 43.2. The van der Waals surface area contributed by atoms with Crippen molar-refractivity contribution in [3.05, 3.63) is 163 Å². The number of nitrogens with two attached hydrogens (primary N) is 2. The van der Waals surface area contributed by atoms with Crippen LogP contribution in [0.2, 0.25) is 0 Å². The Bertz CT molecular complexity index is 2530. The predicted octanol–water partition coefficient (Wildman–Crippen LogP) is 17.4. The Balaban J connectivity index is 1.43.